The second kappa shape index (κ2) is 8.47. The van der Waals surface area contributed by atoms with Crippen LogP contribution in [-0.2, 0) is 14.0 Å². The predicted molar refractivity (Wildman–Crippen MR) is 132 cm³/mol. The summed E-state index contributed by atoms with van der Waals surface area (Å²) in [6, 6.07) is 8.27. The number of fused-ring (bicyclic) bond motifs is 1. The Balaban J connectivity index is 1.56. The molecule has 7 nitrogen and oxygen atoms in total. The van der Waals surface area contributed by atoms with Gasteiger partial charge in [-0.15, -0.1) is 0 Å². The van der Waals surface area contributed by atoms with E-state index in [-0.39, 0.29) is 12.1 Å². The van der Waals surface area contributed by atoms with Crippen LogP contribution in [0, 0.1) is 0 Å². The lowest BCUT2D eigenvalue weighted by atomic mass is 9.78. The highest BCUT2D eigenvalue weighted by molar-refractivity contribution is 6.62. The molecule has 0 saturated carbocycles. The highest BCUT2D eigenvalue weighted by Crippen LogP contribution is 2.37. The van der Waals surface area contributed by atoms with Crippen molar-refractivity contribution in [2.75, 3.05) is 18.0 Å². The minimum absolute atomic E-state index is 0.0306. The molecule has 1 atom stereocenters. The fourth-order valence-corrected chi connectivity index (χ4v) is 4.34. The summed E-state index contributed by atoms with van der Waals surface area (Å²) < 4.78 is 18.0. The highest BCUT2D eigenvalue weighted by atomic mass is 16.7. The van der Waals surface area contributed by atoms with Gasteiger partial charge in [0.2, 0.25) is 0 Å². The first-order valence-electron chi connectivity index (χ1n) is 11.8. The number of hydrogen-bond acceptors (Lipinski definition) is 6. The molecule has 1 aromatic carbocycles. The van der Waals surface area contributed by atoms with Crippen LogP contribution in [0.15, 0.2) is 30.5 Å². The second-order valence-electron chi connectivity index (χ2n) is 11.1. The number of amides is 1. The van der Waals surface area contributed by atoms with Crippen LogP contribution >= 0.6 is 0 Å². The molecule has 0 bridgehead atoms. The maximum atomic E-state index is 12.3. The summed E-state index contributed by atoms with van der Waals surface area (Å²) in [6.45, 7) is 15.5. The fraction of sp³-hybridized carbons (Fsp3) is 0.600. The van der Waals surface area contributed by atoms with Gasteiger partial charge in [0.15, 0.2) is 0 Å². The number of nitrogens with one attached hydrogen (secondary N) is 1. The molecular weight excluding hydrogens is 417 g/mol. The highest BCUT2D eigenvalue weighted by Gasteiger charge is 2.51. The first kappa shape index (κ1) is 23.8. The lowest BCUT2D eigenvalue weighted by Crippen LogP contribution is -2.49. The molecule has 8 heteroatoms. The molecule has 4 rings (SSSR count). The zero-order chi connectivity index (χ0) is 24.0. The maximum Gasteiger partial charge on any atom is 0.494 e. The van der Waals surface area contributed by atoms with E-state index in [0.29, 0.717) is 0 Å². The Morgan fingerprint density at radius 1 is 1.18 bits per heavy atom. The molecule has 1 aromatic heterocycles. The van der Waals surface area contributed by atoms with E-state index < -0.39 is 23.9 Å². The van der Waals surface area contributed by atoms with Crippen LogP contribution in [0.3, 0.4) is 0 Å². The van der Waals surface area contributed by atoms with Gasteiger partial charge < -0.3 is 24.3 Å². The van der Waals surface area contributed by atoms with Crippen molar-refractivity contribution in [1.29, 1.82) is 0 Å². The van der Waals surface area contributed by atoms with Crippen LogP contribution in [0.4, 0.5) is 10.5 Å². The number of anilines is 1. The van der Waals surface area contributed by atoms with Gasteiger partial charge in [-0.2, -0.15) is 0 Å². The van der Waals surface area contributed by atoms with Crippen molar-refractivity contribution in [2.45, 2.75) is 84.2 Å². The third-order valence-corrected chi connectivity index (χ3v) is 6.75. The number of rotatable bonds is 3. The second-order valence-corrected chi connectivity index (χ2v) is 11.1. The monoisotopic (exact) mass is 453 g/mol. The van der Waals surface area contributed by atoms with E-state index >= 15 is 0 Å². The first-order chi connectivity index (χ1) is 15.3. The third-order valence-electron chi connectivity index (χ3n) is 6.75. The van der Waals surface area contributed by atoms with E-state index in [0.717, 1.165) is 48.0 Å². The summed E-state index contributed by atoms with van der Waals surface area (Å²) in [5.74, 6) is 0. The van der Waals surface area contributed by atoms with Crippen LogP contribution in [0.2, 0.25) is 0 Å². The van der Waals surface area contributed by atoms with Gasteiger partial charge in [-0.25, -0.2) is 4.79 Å². The van der Waals surface area contributed by atoms with E-state index in [1.807, 2.05) is 45.2 Å². The Hall–Kier alpha value is -2.32. The zero-order valence-corrected chi connectivity index (χ0v) is 20.9. The Morgan fingerprint density at radius 2 is 1.88 bits per heavy atom. The minimum Gasteiger partial charge on any atom is -0.444 e. The molecule has 3 heterocycles. The van der Waals surface area contributed by atoms with E-state index in [1.165, 1.54) is 0 Å². The Labute approximate surface area is 197 Å². The maximum absolute atomic E-state index is 12.3. The summed E-state index contributed by atoms with van der Waals surface area (Å²) in [4.78, 5) is 19.2. The number of piperidine rings is 1. The van der Waals surface area contributed by atoms with Gasteiger partial charge in [0.1, 0.15) is 5.60 Å². The molecular formula is C25H36BN3O4. The predicted octanol–water partition coefficient (Wildman–Crippen LogP) is 4.03. The largest absolute Gasteiger partial charge is 0.494 e. The third kappa shape index (κ3) is 5.12. The number of benzene rings is 1. The van der Waals surface area contributed by atoms with E-state index in [1.54, 1.807) is 0 Å². The van der Waals surface area contributed by atoms with E-state index in [9.17, 15) is 4.79 Å². The van der Waals surface area contributed by atoms with Crippen LogP contribution in [0.1, 0.15) is 61.3 Å². The summed E-state index contributed by atoms with van der Waals surface area (Å²) in [5.41, 5.74) is 1.72. The number of ether oxygens (including phenoxy) is 1. The molecule has 0 radical (unpaired) electrons. The van der Waals surface area contributed by atoms with Gasteiger partial charge in [0.25, 0.3) is 0 Å². The number of aromatic nitrogens is 1. The summed E-state index contributed by atoms with van der Waals surface area (Å²) in [5, 5.41) is 4.10. The lowest BCUT2D eigenvalue weighted by molar-refractivity contribution is 0.00578. The molecule has 33 heavy (non-hydrogen) atoms. The first-order valence-corrected chi connectivity index (χ1v) is 11.8. The van der Waals surface area contributed by atoms with Crippen molar-refractivity contribution in [1.82, 2.24) is 10.3 Å². The van der Waals surface area contributed by atoms with Crippen LogP contribution in [-0.4, -0.2) is 54.1 Å². The molecule has 1 unspecified atom stereocenters. The van der Waals surface area contributed by atoms with Crippen molar-refractivity contribution in [2.24, 2.45) is 0 Å². The number of pyridine rings is 1. The number of alkyl carbamates (subject to hydrolysis) is 1. The number of hydrogen-bond donors (Lipinski definition) is 1. The molecule has 0 aliphatic carbocycles. The molecule has 2 aliphatic rings. The number of carbonyl (C=O) groups excluding carboxylic acids is 1. The fourth-order valence-electron chi connectivity index (χ4n) is 4.34. The average molecular weight is 453 g/mol. The SMILES string of the molecule is CC(C)(C)OC(=O)NC1CCCN(c2ccnc3ccc(B4OC(C)(C)C(C)(C)O4)cc23)C1. The van der Waals surface area contributed by atoms with Crippen molar-refractivity contribution in [3.63, 3.8) is 0 Å². The standard InChI is InChI=1S/C25H36BN3O4/c1-23(2,3)31-22(30)28-18-9-8-14-29(16-18)21-12-13-27-20-11-10-17(15-19(20)21)26-32-24(4,5)25(6,7)33-26/h10-13,15,18H,8-9,14,16H2,1-7H3,(H,28,30). The molecule has 1 amide bonds. The van der Waals surface area contributed by atoms with Crippen molar-refractivity contribution in [3.8, 4) is 0 Å². The van der Waals surface area contributed by atoms with Gasteiger partial charge >= 0.3 is 13.2 Å². The van der Waals surface area contributed by atoms with E-state index in [4.69, 9.17) is 14.0 Å². The van der Waals surface area contributed by atoms with Gasteiger partial charge in [-0.05, 0) is 78.9 Å². The van der Waals surface area contributed by atoms with Gasteiger partial charge in [-0.1, -0.05) is 12.1 Å². The summed E-state index contributed by atoms with van der Waals surface area (Å²) in [7, 11) is -0.421. The summed E-state index contributed by atoms with van der Waals surface area (Å²) in [6.07, 6.45) is 3.40. The summed E-state index contributed by atoms with van der Waals surface area (Å²) >= 11 is 0. The van der Waals surface area contributed by atoms with Crippen molar-refractivity contribution < 1.29 is 18.8 Å². The molecule has 2 aromatic rings. The van der Waals surface area contributed by atoms with Crippen molar-refractivity contribution >= 4 is 35.3 Å². The molecule has 2 saturated heterocycles. The molecule has 1 N–H and O–H groups in total. The number of carbonyl (C=O) groups is 1. The minimum atomic E-state index is -0.510. The Kier molecular flexibility index (Phi) is 6.12. The zero-order valence-electron chi connectivity index (χ0n) is 20.9. The van der Waals surface area contributed by atoms with Gasteiger partial charge in [0.05, 0.1) is 16.7 Å². The molecule has 2 fully saturated rings. The Bertz CT molecular complexity index is 1020. The average Bonchev–Trinajstić information content (AvgIpc) is 2.93. The van der Waals surface area contributed by atoms with Crippen molar-refractivity contribution in [3.05, 3.63) is 30.5 Å². The lowest BCUT2D eigenvalue weighted by Gasteiger charge is -2.35. The molecule has 2 aliphatic heterocycles. The molecule has 178 valence electrons. The van der Waals surface area contributed by atoms with Gasteiger partial charge in [0, 0.05) is 36.4 Å². The van der Waals surface area contributed by atoms with Crippen LogP contribution < -0.4 is 15.7 Å². The Morgan fingerprint density at radius 3 is 2.55 bits per heavy atom. The quantitative estimate of drug-likeness (QED) is 0.708. The topological polar surface area (TPSA) is 72.9 Å². The van der Waals surface area contributed by atoms with Gasteiger partial charge in [-0.3, -0.25) is 4.98 Å². The van der Waals surface area contributed by atoms with Crippen LogP contribution in [0.25, 0.3) is 10.9 Å². The van der Waals surface area contributed by atoms with Crippen LogP contribution in [0.5, 0.6) is 0 Å². The number of nitrogens with zero attached hydrogens (tertiary/aromatic N) is 2. The normalized spacial score (nSPS) is 22.5. The van der Waals surface area contributed by atoms with E-state index in [2.05, 4.69) is 49.0 Å². The smallest absolute Gasteiger partial charge is 0.444 e. The molecule has 0 spiro atoms.